The average molecular weight is 273 g/mol. The molecule has 1 aromatic carbocycles. The van der Waals surface area contributed by atoms with Gasteiger partial charge in [-0.05, 0) is 24.0 Å². The summed E-state index contributed by atoms with van der Waals surface area (Å²) in [5, 5.41) is 2.15. The molecule has 0 spiro atoms. The van der Waals surface area contributed by atoms with E-state index in [9.17, 15) is 4.79 Å². The van der Waals surface area contributed by atoms with Gasteiger partial charge in [-0.25, -0.2) is 4.98 Å². The number of amides is 1. The van der Waals surface area contributed by atoms with Crippen molar-refractivity contribution in [1.82, 2.24) is 9.88 Å². The molecular weight excluding hydrogens is 258 g/mol. The number of hydrogen-bond acceptors (Lipinski definition) is 4. The van der Waals surface area contributed by atoms with Crippen LogP contribution in [0, 0.1) is 0 Å². The van der Waals surface area contributed by atoms with Crippen LogP contribution in [0.25, 0.3) is 0 Å². The molecule has 0 bridgehead atoms. The number of anilines is 1. The molecule has 1 aromatic heterocycles. The van der Waals surface area contributed by atoms with Gasteiger partial charge in [0.05, 0.1) is 6.04 Å². The van der Waals surface area contributed by atoms with Gasteiger partial charge in [-0.15, -0.1) is 11.3 Å². The summed E-state index contributed by atoms with van der Waals surface area (Å²) in [6, 6.07) is 8.45. The minimum atomic E-state index is -0.0605. The molecule has 1 aliphatic carbocycles. The van der Waals surface area contributed by atoms with E-state index in [1.165, 1.54) is 22.5 Å². The molecule has 4 nitrogen and oxygen atoms in total. The van der Waals surface area contributed by atoms with Crippen LogP contribution in [0.3, 0.4) is 0 Å². The van der Waals surface area contributed by atoms with Crippen molar-refractivity contribution < 1.29 is 4.79 Å². The summed E-state index contributed by atoms with van der Waals surface area (Å²) in [6.45, 7) is 0. The SMILES string of the molecule is CN(C(=O)c1csc(N)n1)C1CCc2ccccc21. The van der Waals surface area contributed by atoms with Gasteiger partial charge in [0.1, 0.15) is 5.69 Å². The van der Waals surface area contributed by atoms with Crippen LogP contribution >= 0.6 is 11.3 Å². The van der Waals surface area contributed by atoms with Crippen molar-refractivity contribution in [3.05, 3.63) is 46.5 Å². The molecule has 19 heavy (non-hydrogen) atoms. The van der Waals surface area contributed by atoms with Gasteiger partial charge in [0.2, 0.25) is 0 Å². The van der Waals surface area contributed by atoms with Crippen LogP contribution in [0.15, 0.2) is 29.6 Å². The average Bonchev–Trinajstić information content (AvgIpc) is 3.03. The number of nitrogens with zero attached hydrogens (tertiary/aromatic N) is 2. The van der Waals surface area contributed by atoms with Crippen molar-refractivity contribution in [2.24, 2.45) is 0 Å². The fraction of sp³-hybridized carbons (Fsp3) is 0.286. The number of aryl methyl sites for hydroxylation is 1. The van der Waals surface area contributed by atoms with E-state index >= 15 is 0 Å². The zero-order valence-corrected chi connectivity index (χ0v) is 11.5. The number of nitrogens with two attached hydrogens (primary N) is 1. The van der Waals surface area contributed by atoms with E-state index in [1.54, 1.807) is 10.3 Å². The van der Waals surface area contributed by atoms with E-state index < -0.39 is 0 Å². The van der Waals surface area contributed by atoms with Crippen LogP contribution in [0.1, 0.15) is 34.1 Å². The third-order valence-electron chi connectivity index (χ3n) is 3.63. The normalized spacial score (nSPS) is 17.2. The van der Waals surface area contributed by atoms with Gasteiger partial charge in [0.15, 0.2) is 5.13 Å². The van der Waals surface area contributed by atoms with Crippen molar-refractivity contribution in [2.45, 2.75) is 18.9 Å². The highest BCUT2D eigenvalue weighted by atomic mass is 32.1. The second-order valence-corrected chi connectivity index (χ2v) is 5.63. The minimum Gasteiger partial charge on any atom is -0.375 e. The Bertz CT molecular complexity index is 623. The van der Waals surface area contributed by atoms with Crippen LogP contribution in [0.4, 0.5) is 5.13 Å². The number of benzene rings is 1. The number of aromatic nitrogens is 1. The number of thiazole rings is 1. The zero-order chi connectivity index (χ0) is 13.4. The van der Waals surface area contributed by atoms with Gasteiger partial charge in [-0.1, -0.05) is 24.3 Å². The fourth-order valence-electron chi connectivity index (χ4n) is 2.65. The van der Waals surface area contributed by atoms with E-state index in [-0.39, 0.29) is 11.9 Å². The molecule has 0 fully saturated rings. The molecule has 1 heterocycles. The number of fused-ring (bicyclic) bond motifs is 1. The first kappa shape index (κ1) is 12.2. The van der Waals surface area contributed by atoms with Gasteiger partial charge in [-0.2, -0.15) is 0 Å². The molecule has 1 unspecified atom stereocenters. The maximum absolute atomic E-state index is 12.4. The summed E-state index contributed by atoms with van der Waals surface area (Å²) in [6.07, 6.45) is 2.00. The molecule has 1 amide bonds. The highest BCUT2D eigenvalue weighted by molar-refractivity contribution is 7.13. The van der Waals surface area contributed by atoms with Gasteiger partial charge in [-0.3, -0.25) is 4.79 Å². The molecule has 0 saturated carbocycles. The molecule has 1 atom stereocenters. The molecule has 1 aliphatic rings. The van der Waals surface area contributed by atoms with Crippen molar-refractivity contribution >= 4 is 22.4 Å². The van der Waals surface area contributed by atoms with Crippen LogP contribution < -0.4 is 5.73 Å². The van der Waals surface area contributed by atoms with Gasteiger partial charge >= 0.3 is 0 Å². The predicted octanol–water partition coefficient (Wildman–Crippen LogP) is 2.48. The highest BCUT2D eigenvalue weighted by Gasteiger charge is 2.29. The van der Waals surface area contributed by atoms with E-state index in [4.69, 9.17) is 5.73 Å². The smallest absolute Gasteiger partial charge is 0.273 e. The molecule has 3 rings (SSSR count). The van der Waals surface area contributed by atoms with E-state index in [2.05, 4.69) is 17.1 Å². The molecule has 98 valence electrons. The number of carbonyl (C=O) groups excluding carboxylic acids is 1. The van der Waals surface area contributed by atoms with Crippen LogP contribution in [0.5, 0.6) is 0 Å². The third kappa shape index (κ3) is 2.10. The molecule has 2 aromatic rings. The number of nitrogen functional groups attached to an aromatic ring is 1. The molecule has 0 saturated heterocycles. The fourth-order valence-corrected chi connectivity index (χ4v) is 3.18. The lowest BCUT2D eigenvalue weighted by Crippen LogP contribution is -2.30. The van der Waals surface area contributed by atoms with Crippen molar-refractivity contribution in [3.63, 3.8) is 0 Å². The van der Waals surface area contributed by atoms with Crippen molar-refractivity contribution in [2.75, 3.05) is 12.8 Å². The maximum Gasteiger partial charge on any atom is 0.273 e. The summed E-state index contributed by atoms with van der Waals surface area (Å²) in [7, 11) is 1.84. The Morgan fingerprint density at radius 2 is 2.26 bits per heavy atom. The number of rotatable bonds is 2. The Balaban J connectivity index is 1.86. The van der Waals surface area contributed by atoms with Crippen LogP contribution in [0.2, 0.25) is 0 Å². The minimum absolute atomic E-state index is 0.0605. The summed E-state index contributed by atoms with van der Waals surface area (Å²) >= 11 is 1.30. The Hall–Kier alpha value is -1.88. The highest BCUT2D eigenvalue weighted by Crippen LogP contribution is 2.35. The summed E-state index contributed by atoms with van der Waals surface area (Å²) in [5.74, 6) is -0.0605. The van der Waals surface area contributed by atoms with Crippen LogP contribution in [-0.4, -0.2) is 22.8 Å². The van der Waals surface area contributed by atoms with Crippen LogP contribution in [-0.2, 0) is 6.42 Å². The number of hydrogen-bond donors (Lipinski definition) is 1. The first-order chi connectivity index (χ1) is 9.16. The lowest BCUT2D eigenvalue weighted by Gasteiger charge is -2.24. The summed E-state index contributed by atoms with van der Waals surface area (Å²) in [5.41, 5.74) is 8.61. The lowest BCUT2D eigenvalue weighted by atomic mass is 10.1. The summed E-state index contributed by atoms with van der Waals surface area (Å²) < 4.78 is 0. The molecule has 0 radical (unpaired) electrons. The standard InChI is InChI=1S/C14H15N3OS/c1-17(13(18)11-8-19-14(15)16-11)12-7-6-9-4-2-3-5-10(9)12/h2-5,8,12H,6-7H2,1H3,(H2,15,16). The molecule has 2 N–H and O–H groups in total. The van der Waals surface area contributed by atoms with Crippen molar-refractivity contribution in [1.29, 1.82) is 0 Å². The monoisotopic (exact) mass is 273 g/mol. The van der Waals surface area contributed by atoms with E-state index in [0.717, 1.165) is 12.8 Å². The Kier molecular flexibility index (Phi) is 2.98. The first-order valence-electron chi connectivity index (χ1n) is 6.23. The van der Waals surface area contributed by atoms with Gasteiger partial charge < -0.3 is 10.6 Å². The largest absolute Gasteiger partial charge is 0.375 e. The van der Waals surface area contributed by atoms with Crippen molar-refractivity contribution in [3.8, 4) is 0 Å². The molecule has 5 heteroatoms. The third-order valence-corrected chi connectivity index (χ3v) is 4.30. The molecular formula is C14H15N3OS. The quantitative estimate of drug-likeness (QED) is 0.914. The topological polar surface area (TPSA) is 59.2 Å². The van der Waals surface area contributed by atoms with E-state index in [0.29, 0.717) is 10.8 Å². The Morgan fingerprint density at radius 1 is 1.47 bits per heavy atom. The maximum atomic E-state index is 12.4. The predicted molar refractivity (Wildman–Crippen MR) is 76.1 cm³/mol. The Morgan fingerprint density at radius 3 is 3.00 bits per heavy atom. The van der Waals surface area contributed by atoms with Gasteiger partial charge in [0, 0.05) is 12.4 Å². The number of carbonyl (C=O) groups is 1. The first-order valence-corrected chi connectivity index (χ1v) is 7.11. The second-order valence-electron chi connectivity index (χ2n) is 4.74. The Labute approximate surface area is 115 Å². The van der Waals surface area contributed by atoms with E-state index in [1.807, 2.05) is 19.2 Å². The summed E-state index contributed by atoms with van der Waals surface area (Å²) in [4.78, 5) is 18.2. The lowest BCUT2D eigenvalue weighted by molar-refractivity contribution is 0.0725. The second kappa shape index (κ2) is 4.66. The van der Waals surface area contributed by atoms with Gasteiger partial charge in [0.25, 0.3) is 5.91 Å². The molecule has 0 aliphatic heterocycles. The zero-order valence-electron chi connectivity index (χ0n) is 10.7.